The lowest BCUT2D eigenvalue weighted by molar-refractivity contribution is -0.114. The molecule has 0 aromatic heterocycles. The monoisotopic (exact) mass is 508 g/mol. The predicted molar refractivity (Wildman–Crippen MR) is 130 cm³/mol. The molecule has 174 valence electrons. The number of sulfonamides is 1. The second-order valence-electron chi connectivity index (χ2n) is 7.01. The van der Waals surface area contributed by atoms with Gasteiger partial charge < -0.3 is 14.8 Å². The molecule has 0 atom stereocenters. The topological polar surface area (TPSA) is 84.9 Å². The number of nitrogens with zero attached hydrogens (tertiary/aromatic N) is 1. The first-order valence-electron chi connectivity index (χ1n) is 9.72. The lowest BCUT2D eigenvalue weighted by Crippen LogP contribution is -2.38. The van der Waals surface area contributed by atoms with Crippen molar-refractivity contribution < 1.29 is 22.7 Å². The number of hydrogen-bond acceptors (Lipinski definition) is 5. The van der Waals surface area contributed by atoms with Gasteiger partial charge in [0.05, 0.1) is 40.5 Å². The third kappa shape index (κ3) is 5.52. The molecular weight excluding hydrogens is 487 g/mol. The Hall–Kier alpha value is -2.94. The molecule has 0 aliphatic carbocycles. The minimum atomic E-state index is -4.15. The molecule has 1 N–H and O–H groups in total. The van der Waals surface area contributed by atoms with Crippen molar-refractivity contribution in [1.29, 1.82) is 0 Å². The Bertz CT molecular complexity index is 1260. The van der Waals surface area contributed by atoms with E-state index in [0.29, 0.717) is 11.4 Å². The van der Waals surface area contributed by atoms with Crippen molar-refractivity contribution >= 4 is 50.5 Å². The van der Waals surface area contributed by atoms with E-state index in [2.05, 4.69) is 5.32 Å². The number of benzene rings is 3. The van der Waals surface area contributed by atoms with Gasteiger partial charge in [-0.3, -0.25) is 9.10 Å². The fourth-order valence-corrected chi connectivity index (χ4v) is 4.84. The number of halogens is 2. The maximum atomic E-state index is 13.6. The Kier molecular flexibility index (Phi) is 7.73. The second kappa shape index (κ2) is 10.3. The Labute approximate surface area is 202 Å². The van der Waals surface area contributed by atoms with Crippen molar-refractivity contribution in [3.05, 3.63) is 76.3 Å². The minimum Gasteiger partial charge on any atom is -0.493 e. The molecule has 0 heterocycles. The standard InChI is InChI=1S/C23H22Cl2N2O5S/c1-15-7-9-16(10-8-15)27(14-22(28)26-19-6-4-5-18(24)23(19)25)33(29,30)17-11-12-20(31-2)21(13-17)32-3/h4-13H,14H2,1-3H3,(H,26,28). The average Bonchev–Trinajstić information content (AvgIpc) is 2.80. The number of carbonyl (C=O) groups is 1. The predicted octanol–water partition coefficient (Wildman–Crippen LogP) is 5.15. The summed E-state index contributed by atoms with van der Waals surface area (Å²) in [5.41, 5.74) is 1.54. The Balaban J connectivity index is 2.00. The van der Waals surface area contributed by atoms with Crippen LogP contribution in [-0.4, -0.2) is 35.1 Å². The number of anilines is 2. The van der Waals surface area contributed by atoms with Crippen LogP contribution in [0.25, 0.3) is 0 Å². The van der Waals surface area contributed by atoms with Gasteiger partial charge in [-0.15, -0.1) is 0 Å². The highest BCUT2D eigenvalue weighted by Crippen LogP contribution is 2.33. The molecule has 7 nitrogen and oxygen atoms in total. The molecule has 0 unspecified atom stereocenters. The Morgan fingerprint density at radius 1 is 0.970 bits per heavy atom. The van der Waals surface area contributed by atoms with Crippen LogP contribution in [0, 0.1) is 6.92 Å². The maximum Gasteiger partial charge on any atom is 0.264 e. The Morgan fingerprint density at radius 2 is 1.64 bits per heavy atom. The van der Waals surface area contributed by atoms with Crippen LogP contribution in [0.1, 0.15) is 5.56 Å². The largest absolute Gasteiger partial charge is 0.493 e. The summed E-state index contributed by atoms with van der Waals surface area (Å²) >= 11 is 12.2. The number of aryl methyl sites for hydroxylation is 1. The maximum absolute atomic E-state index is 13.6. The van der Waals surface area contributed by atoms with Crippen molar-refractivity contribution in [1.82, 2.24) is 0 Å². The molecule has 33 heavy (non-hydrogen) atoms. The van der Waals surface area contributed by atoms with Gasteiger partial charge in [0.25, 0.3) is 10.0 Å². The van der Waals surface area contributed by atoms with Crippen molar-refractivity contribution in [2.24, 2.45) is 0 Å². The molecule has 0 saturated heterocycles. The van der Waals surface area contributed by atoms with Gasteiger partial charge in [0.2, 0.25) is 5.91 Å². The van der Waals surface area contributed by atoms with E-state index in [9.17, 15) is 13.2 Å². The van der Waals surface area contributed by atoms with E-state index >= 15 is 0 Å². The van der Waals surface area contributed by atoms with E-state index in [4.69, 9.17) is 32.7 Å². The Morgan fingerprint density at radius 3 is 2.27 bits per heavy atom. The van der Waals surface area contributed by atoms with E-state index in [1.807, 2.05) is 6.92 Å². The van der Waals surface area contributed by atoms with Crippen LogP contribution >= 0.6 is 23.2 Å². The summed E-state index contributed by atoms with van der Waals surface area (Å²) in [6.07, 6.45) is 0. The van der Waals surface area contributed by atoms with Crippen molar-refractivity contribution in [3.8, 4) is 11.5 Å². The van der Waals surface area contributed by atoms with Gasteiger partial charge in [0.15, 0.2) is 11.5 Å². The summed E-state index contributed by atoms with van der Waals surface area (Å²) in [7, 11) is -1.29. The molecule has 1 amide bonds. The number of nitrogens with one attached hydrogen (secondary N) is 1. The van der Waals surface area contributed by atoms with Crippen LogP contribution in [-0.2, 0) is 14.8 Å². The van der Waals surface area contributed by atoms with E-state index in [0.717, 1.165) is 9.87 Å². The van der Waals surface area contributed by atoms with Crippen LogP contribution in [0.4, 0.5) is 11.4 Å². The van der Waals surface area contributed by atoms with Gasteiger partial charge in [0.1, 0.15) is 6.54 Å². The first kappa shape index (κ1) is 24.7. The third-order valence-corrected chi connectivity index (χ3v) is 7.37. The van der Waals surface area contributed by atoms with Gasteiger partial charge in [0, 0.05) is 6.07 Å². The van der Waals surface area contributed by atoms with Crippen molar-refractivity contribution in [2.75, 3.05) is 30.4 Å². The number of methoxy groups -OCH3 is 2. The molecule has 0 fully saturated rings. The zero-order chi connectivity index (χ0) is 24.2. The smallest absolute Gasteiger partial charge is 0.264 e. The molecule has 3 aromatic rings. The number of rotatable bonds is 8. The molecule has 10 heteroatoms. The lowest BCUT2D eigenvalue weighted by atomic mass is 10.2. The van der Waals surface area contributed by atoms with Crippen LogP contribution in [0.5, 0.6) is 11.5 Å². The zero-order valence-corrected chi connectivity index (χ0v) is 20.5. The first-order valence-corrected chi connectivity index (χ1v) is 11.9. The quantitative estimate of drug-likeness (QED) is 0.454. The highest BCUT2D eigenvalue weighted by Gasteiger charge is 2.28. The normalized spacial score (nSPS) is 11.1. The lowest BCUT2D eigenvalue weighted by Gasteiger charge is -2.25. The van der Waals surface area contributed by atoms with E-state index < -0.39 is 22.5 Å². The van der Waals surface area contributed by atoms with E-state index in [1.165, 1.54) is 32.4 Å². The van der Waals surface area contributed by atoms with Crippen molar-refractivity contribution in [3.63, 3.8) is 0 Å². The van der Waals surface area contributed by atoms with Crippen LogP contribution < -0.4 is 19.1 Å². The van der Waals surface area contributed by atoms with Gasteiger partial charge in [-0.1, -0.05) is 47.0 Å². The van der Waals surface area contributed by atoms with Crippen molar-refractivity contribution in [2.45, 2.75) is 11.8 Å². The average molecular weight is 509 g/mol. The summed E-state index contributed by atoms with van der Waals surface area (Å²) in [4.78, 5) is 12.8. The van der Waals surface area contributed by atoms with Gasteiger partial charge >= 0.3 is 0 Å². The summed E-state index contributed by atoms with van der Waals surface area (Å²) in [5, 5.41) is 3.05. The number of hydrogen-bond donors (Lipinski definition) is 1. The van der Waals surface area contributed by atoms with Gasteiger partial charge in [-0.2, -0.15) is 0 Å². The summed E-state index contributed by atoms with van der Waals surface area (Å²) < 4.78 is 38.6. The number of carbonyl (C=O) groups excluding carboxylic acids is 1. The summed E-state index contributed by atoms with van der Waals surface area (Å²) in [6, 6.07) is 15.8. The van der Waals surface area contributed by atoms with Crippen LogP contribution in [0.3, 0.4) is 0 Å². The summed E-state index contributed by atoms with van der Waals surface area (Å²) in [6.45, 7) is 1.38. The van der Waals surface area contributed by atoms with Crippen LogP contribution in [0.15, 0.2) is 65.6 Å². The van der Waals surface area contributed by atoms with E-state index in [-0.39, 0.29) is 26.4 Å². The molecule has 0 radical (unpaired) electrons. The fourth-order valence-electron chi connectivity index (χ4n) is 3.05. The van der Waals surface area contributed by atoms with E-state index in [1.54, 1.807) is 42.5 Å². The summed E-state index contributed by atoms with van der Waals surface area (Å²) in [5.74, 6) is 0.0352. The molecule has 0 spiro atoms. The van der Waals surface area contributed by atoms with Crippen LogP contribution in [0.2, 0.25) is 10.0 Å². The van der Waals surface area contributed by atoms with Gasteiger partial charge in [-0.05, 0) is 43.3 Å². The first-order chi connectivity index (χ1) is 15.7. The molecule has 0 saturated carbocycles. The molecule has 3 rings (SSSR count). The molecule has 0 aliphatic heterocycles. The molecule has 0 bridgehead atoms. The third-order valence-electron chi connectivity index (χ3n) is 4.78. The molecule has 0 aliphatic rings. The number of amides is 1. The SMILES string of the molecule is COc1ccc(S(=O)(=O)N(CC(=O)Nc2cccc(Cl)c2Cl)c2ccc(C)cc2)cc1OC. The molecule has 3 aromatic carbocycles. The zero-order valence-electron chi connectivity index (χ0n) is 18.1. The molecular formula is C23H22Cl2N2O5S. The fraction of sp³-hybridized carbons (Fsp3) is 0.174. The highest BCUT2D eigenvalue weighted by atomic mass is 35.5. The minimum absolute atomic E-state index is 0.0608. The highest BCUT2D eigenvalue weighted by molar-refractivity contribution is 7.92. The second-order valence-corrected chi connectivity index (χ2v) is 9.66. The van der Waals surface area contributed by atoms with Gasteiger partial charge in [-0.25, -0.2) is 8.42 Å². The number of ether oxygens (including phenoxy) is 2.